The number of ether oxygens (including phenoxy) is 1. The molecule has 0 spiro atoms. The first-order chi connectivity index (χ1) is 11.6. The van der Waals surface area contributed by atoms with Crippen LogP contribution in [0.25, 0.3) is 0 Å². The molecule has 2 rings (SSSR count). The van der Waals surface area contributed by atoms with Gasteiger partial charge in [0.15, 0.2) is 12.4 Å². The van der Waals surface area contributed by atoms with E-state index < -0.39 is 11.9 Å². The lowest BCUT2D eigenvalue weighted by Gasteiger charge is -2.07. The zero-order chi connectivity index (χ0) is 17.4. The van der Waals surface area contributed by atoms with E-state index in [-0.39, 0.29) is 25.2 Å². The van der Waals surface area contributed by atoms with Crippen molar-refractivity contribution < 1.29 is 19.1 Å². The van der Waals surface area contributed by atoms with Crippen molar-refractivity contribution in [2.24, 2.45) is 0 Å². The van der Waals surface area contributed by atoms with Crippen LogP contribution in [0.2, 0.25) is 0 Å². The number of hydrogen-bond donors (Lipinski definition) is 1. The van der Waals surface area contributed by atoms with Crippen molar-refractivity contribution in [3.05, 3.63) is 52.2 Å². The number of amides is 1. The normalized spacial score (nSPS) is 10.2. The molecule has 126 valence electrons. The number of thiophene rings is 1. The monoisotopic (exact) mass is 345 g/mol. The largest absolute Gasteiger partial charge is 0.456 e. The van der Waals surface area contributed by atoms with Crippen molar-refractivity contribution in [3.8, 4) is 0 Å². The zero-order valence-corrected chi connectivity index (χ0v) is 14.2. The average molecular weight is 345 g/mol. The fraction of sp³-hybridized carbons (Fsp3) is 0.278. The van der Waals surface area contributed by atoms with Crippen molar-refractivity contribution in [3.63, 3.8) is 0 Å². The van der Waals surface area contributed by atoms with Crippen LogP contribution in [0, 0.1) is 0 Å². The third-order valence-corrected chi connectivity index (χ3v) is 4.25. The topological polar surface area (TPSA) is 72.5 Å². The van der Waals surface area contributed by atoms with Crippen LogP contribution >= 0.6 is 11.3 Å². The molecule has 0 aliphatic rings. The molecule has 24 heavy (non-hydrogen) atoms. The number of benzene rings is 1. The van der Waals surface area contributed by atoms with Gasteiger partial charge in [-0.1, -0.05) is 25.1 Å². The predicted octanol–water partition coefficient (Wildman–Crippen LogP) is 3.46. The van der Waals surface area contributed by atoms with Crippen molar-refractivity contribution in [1.82, 2.24) is 0 Å². The molecule has 0 radical (unpaired) electrons. The van der Waals surface area contributed by atoms with E-state index in [0.717, 1.165) is 12.0 Å². The summed E-state index contributed by atoms with van der Waals surface area (Å²) in [6.07, 6.45) is 0.922. The standard InChI is InChI=1S/C18H19NO4S/c1-2-13-5-3-6-14(11-13)19-17(21)12-23-18(22)9-8-15(20)16-7-4-10-24-16/h3-7,10-11H,2,8-9,12H2,1H3,(H,19,21). The predicted molar refractivity (Wildman–Crippen MR) is 93.3 cm³/mol. The Morgan fingerprint density at radius 1 is 1.12 bits per heavy atom. The smallest absolute Gasteiger partial charge is 0.306 e. The molecule has 0 aliphatic heterocycles. The van der Waals surface area contributed by atoms with Gasteiger partial charge in [-0.25, -0.2) is 0 Å². The Morgan fingerprint density at radius 2 is 1.96 bits per heavy atom. The van der Waals surface area contributed by atoms with Crippen LogP contribution in [0.15, 0.2) is 41.8 Å². The van der Waals surface area contributed by atoms with Crippen molar-refractivity contribution >= 4 is 34.7 Å². The highest BCUT2D eigenvalue weighted by molar-refractivity contribution is 7.12. The summed E-state index contributed by atoms with van der Waals surface area (Å²) >= 11 is 1.34. The first kappa shape index (κ1) is 17.9. The molecular formula is C18H19NO4S. The second-order valence-corrected chi connectivity index (χ2v) is 6.11. The van der Waals surface area contributed by atoms with Crippen LogP contribution in [-0.2, 0) is 20.7 Å². The first-order valence-electron chi connectivity index (χ1n) is 7.69. The molecule has 1 heterocycles. The molecule has 0 bridgehead atoms. The van der Waals surface area contributed by atoms with Gasteiger partial charge in [0.25, 0.3) is 5.91 Å². The number of nitrogens with one attached hydrogen (secondary N) is 1. The SMILES string of the molecule is CCc1cccc(NC(=O)COC(=O)CCC(=O)c2cccs2)c1. The summed E-state index contributed by atoms with van der Waals surface area (Å²) < 4.78 is 4.90. The fourth-order valence-corrected chi connectivity index (χ4v) is 2.75. The van der Waals surface area contributed by atoms with Crippen LogP contribution in [0.3, 0.4) is 0 Å². The van der Waals surface area contributed by atoms with Gasteiger partial charge in [-0.2, -0.15) is 0 Å². The number of carbonyl (C=O) groups is 3. The Bertz CT molecular complexity index is 710. The van der Waals surface area contributed by atoms with Gasteiger partial charge >= 0.3 is 5.97 Å². The van der Waals surface area contributed by atoms with Gasteiger partial charge in [0.2, 0.25) is 0 Å². The van der Waals surface area contributed by atoms with E-state index >= 15 is 0 Å². The van der Waals surface area contributed by atoms with Gasteiger partial charge in [0.05, 0.1) is 11.3 Å². The highest BCUT2D eigenvalue weighted by Crippen LogP contribution is 2.13. The molecule has 1 amide bonds. The van der Waals surface area contributed by atoms with E-state index in [1.54, 1.807) is 18.2 Å². The molecule has 6 heteroatoms. The average Bonchev–Trinajstić information content (AvgIpc) is 3.12. The van der Waals surface area contributed by atoms with Crippen molar-refractivity contribution in [2.75, 3.05) is 11.9 Å². The third kappa shape index (κ3) is 5.62. The van der Waals surface area contributed by atoms with Gasteiger partial charge < -0.3 is 10.1 Å². The Balaban J connectivity index is 1.71. The lowest BCUT2D eigenvalue weighted by atomic mass is 10.1. The van der Waals surface area contributed by atoms with Gasteiger partial charge in [-0.3, -0.25) is 14.4 Å². The molecule has 0 unspecified atom stereocenters. The quantitative estimate of drug-likeness (QED) is 0.587. The van der Waals surface area contributed by atoms with Crippen molar-refractivity contribution in [1.29, 1.82) is 0 Å². The minimum Gasteiger partial charge on any atom is -0.456 e. The summed E-state index contributed by atoms with van der Waals surface area (Å²) in [6, 6.07) is 11.0. The maximum Gasteiger partial charge on any atom is 0.306 e. The molecular weight excluding hydrogens is 326 g/mol. The van der Waals surface area contributed by atoms with Crippen molar-refractivity contribution in [2.45, 2.75) is 26.2 Å². The lowest BCUT2D eigenvalue weighted by molar-refractivity contribution is -0.147. The maximum atomic E-state index is 11.8. The summed E-state index contributed by atoms with van der Waals surface area (Å²) in [4.78, 5) is 35.8. The Morgan fingerprint density at radius 3 is 2.67 bits per heavy atom. The minimum absolute atomic E-state index is 0.0324. The highest BCUT2D eigenvalue weighted by Gasteiger charge is 2.12. The van der Waals surface area contributed by atoms with Gasteiger partial charge in [-0.15, -0.1) is 11.3 Å². The fourth-order valence-electron chi connectivity index (χ4n) is 2.06. The molecule has 0 aliphatic carbocycles. The zero-order valence-electron chi connectivity index (χ0n) is 13.4. The van der Waals surface area contributed by atoms with Crippen LogP contribution in [0.1, 0.15) is 35.0 Å². The van der Waals surface area contributed by atoms with E-state index in [2.05, 4.69) is 5.32 Å². The Hall–Kier alpha value is -2.47. The molecule has 5 nitrogen and oxygen atoms in total. The number of ketones is 1. The summed E-state index contributed by atoms with van der Waals surface area (Å²) in [6.45, 7) is 1.67. The number of Topliss-reactive ketones (excluding diaryl/α,β-unsaturated/α-hetero) is 1. The van der Waals surface area contributed by atoms with E-state index in [1.807, 2.05) is 30.5 Å². The summed E-state index contributed by atoms with van der Waals surface area (Å²) in [5, 5.41) is 4.49. The second kappa shape index (κ2) is 8.98. The maximum absolute atomic E-state index is 11.8. The molecule has 2 aromatic rings. The number of rotatable bonds is 8. The second-order valence-electron chi connectivity index (χ2n) is 5.16. The Kier molecular flexibility index (Phi) is 6.69. The van der Waals surface area contributed by atoms with E-state index in [4.69, 9.17) is 4.74 Å². The summed E-state index contributed by atoms with van der Waals surface area (Å²) in [5.41, 5.74) is 1.78. The number of carbonyl (C=O) groups excluding carboxylic acids is 3. The minimum atomic E-state index is -0.558. The number of esters is 1. The molecule has 1 aromatic heterocycles. The number of anilines is 1. The highest BCUT2D eigenvalue weighted by atomic mass is 32.1. The molecule has 1 aromatic carbocycles. The summed E-state index contributed by atoms with van der Waals surface area (Å²) in [5.74, 6) is -1.05. The summed E-state index contributed by atoms with van der Waals surface area (Å²) in [7, 11) is 0. The van der Waals surface area contributed by atoms with E-state index in [9.17, 15) is 14.4 Å². The van der Waals surface area contributed by atoms with E-state index in [0.29, 0.717) is 10.6 Å². The number of hydrogen-bond acceptors (Lipinski definition) is 5. The molecule has 0 saturated carbocycles. The van der Waals surface area contributed by atoms with Crippen LogP contribution < -0.4 is 5.32 Å². The van der Waals surface area contributed by atoms with Crippen LogP contribution in [0.4, 0.5) is 5.69 Å². The van der Waals surface area contributed by atoms with Crippen LogP contribution in [-0.4, -0.2) is 24.3 Å². The molecule has 0 fully saturated rings. The molecule has 1 N–H and O–H groups in total. The van der Waals surface area contributed by atoms with Gasteiger partial charge in [-0.05, 0) is 35.6 Å². The first-order valence-corrected chi connectivity index (χ1v) is 8.57. The number of aryl methyl sites for hydroxylation is 1. The molecule has 0 atom stereocenters. The third-order valence-electron chi connectivity index (χ3n) is 3.34. The van der Waals surface area contributed by atoms with Crippen LogP contribution in [0.5, 0.6) is 0 Å². The van der Waals surface area contributed by atoms with E-state index in [1.165, 1.54) is 11.3 Å². The van der Waals surface area contributed by atoms with Gasteiger partial charge in [0.1, 0.15) is 0 Å². The lowest BCUT2D eigenvalue weighted by Crippen LogP contribution is -2.21. The van der Waals surface area contributed by atoms with Gasteiger partial charge in [0, 0.05) is 12.1 Å². The molecule has 0 saturated heterocycles. The Labute approximate surface area is 144 Å².